The zero-order valence-corrected chi connectivity index (χ0v) is 12.9. The van der Waals surface area contributed by atoms with Gasteiger partial charge in [-0.3, -0.25) is 4.79 Å². The van der Waals surface area contributed by atoms with Gasteiger partial charge in [0, 0.05) is 22.9 Å². The van der Waals surface area contributed by atoms with Crippen molar-refractivity contribution >= 4 is 32.8 Å². The lowest BCUT2D eigenvalue weighted by atomic mass is 10.1. The number of benzene rings is 1. The van der Waals surface area contributed by atoms with Gasteiger partial charge in [0.15, 0.2) is 5.76 Å². The number of halogens is 1. The minimum absolute atomic E-state index is 0.0378. The molecule has 1 aliphatic heterocycles. The van der Waals surface area contributed by atoms with E-state index in [0.29, 0.717) is 11.8 Å². The maximum atomic E-state index is 12.5. The molecule has 0 aliphatic carbocycles. The Balaban J connectivity index is 1.84. The summed E-state index contributed by atoms with van der Waals surface area (Å²) < 4.78 is 6.65. The van der Waals surface area contributed by atoms with Gasteiger partial charge in [-0.15, -0.1) is 0 Å². The van der Waals surface area contributed by atoms with Gasteiger partial charge >= 0.3 is 0 Å². The van der Waals surface area contributed by atoms with Crippen LogP contribution in [0.15, 0.2) is 33.2 Å². The molecule has 1 aliphatic rings. The number of fused-ring (bicyclic) bond motifs is 1. The first-order chi connectivity index (χ1) is 9.65. The molecule has 20 heavy (non-hydrogen) atoms. The van der Waals surface area contributed by atoms with E-state index >= 15 is 0 Å². The van der Waals surface area contributed by atoms with Crippen molar-refractivity contribution in [3.05, 3.63) is 34.5 Å². The second-order valence-corrected chi connectivity index (χ2v) is 6.11. The van der Waals surface area contributed by atoms with Crippen LogP contribution in [0.4, 0.5) is 0 Å². The second-order valence-electron chi connectivity index (χ2n) is 5.19. The Morgan fingerprint density at radius 2 is 2.10 bits per heavy atom. The molecule has 0 atom stereocenters. The molecule has 1 saturated heterocycles. The van der Waals surface area contributed by atoms with Crippen molar-refractivity contribution in [1.29, 1.82) is 0 Å². The predicted molar refractivity (Wildman–Crippen MR) is 81.9 cm³/mol. The fourth-order valence-electron chi connectivity index (χ4n) is 2.65. The summed E-state index contributed by atoms with van der Waals surface area (Å²) in [5.74, 6) is 0.378. The van der Waals surface area contributed by atoms with E-state index in [9.17, 15) is 4.79 Å². The van der Waals surface area contributed by atoms with Crippen LogP contribution >= 0.6 is 15.9 Å². The molecule has 0 unspecified atom stereocenters. The van der Waals surface area contributed by atoms with Gasteiger partial charge in [-0.05, 0) is 50.2 Å². The molecule has 0 bridgehead atoms. The Bertz CT molecular complexity index is 632. The number of furan rings is 1. The summed E-state index contributed by atoms with van der Waals surface area (Å²) in [6.07, 6.45) is 1.99. The topological polar surface area (TPSA) is 45.5 Å². The fourth-order valence-corrected chi connectivity index (χ4v) is 3.03. The SMILES string of the molecule is CN(C(=O)c1cc2cc(Br)ccc2o1)C1CCNCC1. The van der Waals surface area contributed by atoms with E-state index in [0.717, 1.165) is 41.4 Å². The summed E-state index contributed by atoms with van der Waals surface area (Å²) in [5.41, 5.74) is 0.746. The lowest BCUT2D eigenvalue weighted by molar-refractivity contribution is 0.0673. The van der Waals surface area contributed by atoms with Crippen molar-refractivity contribution in [3.8, 4) is 0 Å². The lowest BCUT2D eigenvalue weighted by Gasteiger charge is -2.31. The van der Waals surface area contributed by atoms with E-state index in [4.69, 9.17) is 4.42 Å². The maximum absolute atomic E-state index is 12.5. The fraction of sp³-hybridized carbons (Fsp3) is 0.400. The van der Waals surface area contributed by atoms with Gasteiger partial charge < -0.3 is 14.6 Å². The molecule has 0 radical (unpaired) electrons. The third kappa shape index (κ3) is 2.60. The second kappa shape index (κ2) is 5.58. The first kappa shape index (κ1) is 13.6. The number of amides is 1. The highest BCUT2D eigenvalue weighted by Gasteiger charge is 2.25. The van der Waals surface area contributed by atoms with Gasteiger partial charge in [0.25, 0.3) is 5.91 Å². The molecular formula is C15H17BrN2O2. The summed E-state index contributed by atoms with van der Waals surface area (Å²) >= 11 is 3.43. The quantitative estimate of drug-likeness (QED) is 0.916. The van der Waals surface area contributed by atoms with Crippen LogP contribution in [0.25, 0.3) is 11.0 Å². The number of carbonyl (C=O) groups excluding carboxylic acids is 1. The van der Waals surface area contributed by atoms with E-state index in [2.05, 4.69) is 21.2 Å². The van der Waals surface area contributed by atoms with Gasteiger partial charge in [0.2, 0.25) is 0 Å². The Hall–Kier alpha value is -1.33. The van der Waals surface area contributed by atoms with Gasteiger partial charge in [-0.2, -0.15) is 0 Å². The van der Waals surface area contributed by atoms with Crippen molar-refractivity contribution in [3.63, 3.8) is 0 Å². The molecule has 1 fully saturated rings. The Kier molecular flexibility index (Phi) is 3.81. The van der Waals surface area contributed by atoms with E-state index < -0.39 is 0 Å². The van der Waals surface area contributed by atoms with Crippen LogP contribution in [0.1, 0.15) is 23.4 Å². The minimum atomic E-state index is -0.0378. The number of hydrogen-bond donors (Lipinski definition) is 1. The Morgan fingerprint density at radius 1 is 1.35 bits per heavy atom. The smallest absolute Gasteiger partial charge is 0.289 e. The molecule has 0 saturated carbocycles. The molecule has 0 spiro atoms. The number of nitrogens with one attached hydrogen (secondary N) is 1. The highest BCUT2D eigenvalue weighted by Crippen LogP contribution is 2.24. The maximum Gasteiger partial charge on any atom is 0.289 e. The van der Waals surface area contributed by atoms with E-state index in [1.807, 2.05) is 36.2 Å². The average molecular weight is 337 g/mol. The van der Waals surface area contributed by atoms with E-state index in [-0.39, 0.29) is 5.91 Å². The monoisotopic (exact) mass is 336 g/mol. The van der Waals surface area contributed by atoms with Crippen LogP contribution in [0.2, 0.25) is 0 Å². The number of rotatable bonds is 2. The van der Waals surface area contributed by atoms with E-state index in [1.54, 1.807) is 0 Å². The lowest BCUT2D eigenvalue weighted by Crippen LogP contribution is -2.43. The third-order valence-electron chi connectivity index (χ3n) is 3.87. The number of carbonyl (C=O) groups is 1. The average Bonchev–Trinajstić information content (AvgIpc) is 2.89. The third-order valence-corrected chi connectivity index (χ3v) is 4.36. The molecule has 4 nitrogen and oxygen atoms in total. The van der Waals surface area contributed by atoms with Crippen LogP contribution < -0.4 is 5.32 Å². The molecule has 2 heterocycles. The van der Waals surface area contributed by atoms with Crippen LogP contribution in [-0.2, 0) is 0 Å². The first-order valence-corrected chi connectivity index (χ1v) is 7.61. The zero-order valence-electron chi connectivity index (χ0n) is 11.4. The van der Waals surface area contributed by atoms with Crippen LogP contribution in [0, 0.1) is 0 Å². The predicted octanol–water partition coefficient (Wildman–Crippen LogP) is 3.02. The van der Waals surface area contributed by atoms with Crippen molar-refractivity contribution in [1.82, 2.24) is 10.2 Å². The van der Waals surface area contributed by atoms with Crippen molar-refractivity contribution < 1.29 is 9.21 Å². The number of nitrogens with zero attached hydrogens (tertiary/aromatic N) is 1. The van der Waals surface area contributed by atoms with Crippen molar-refractivity contribution in [2.75, 3.05) is 20.1 Å². The number of piperidine rings is 1. The van der Waals surface area contributed by atoms with Crippen LogP contribution in [0.5, 0.6) is 0 Å². The first-order valence-electron chi connectivity index (χ1n) is 6.82. The normalized spacial score (nSPS) is 16.5. The molecule has 5 heteroatoms. The minimum Gasteiger partial charge on any atom is -0.451 e. The number of hydrogen-bond acceptors (Lipinski definition) is 3. The van der Waals surface area contributed by atoms with Gasteiger partial charge in [0.05, 0.1) is 0 Å². The summed E-state index contributed by atoms with van der Waals surface area (Å²) in [6, 6.07) is 7.86. The largest absolute Gasteiger partial charge is 0.451 e. The van der Waals surface area contributed by atoms with Crippen molar-refractivity contribution in [2.24, 2.45) is 0 Å². The summed E-state index contributed by atoms with van der Waals surface area (Å²) in [4.78, 5) is 14.3. The highest BCUT2D eigenvalue weighted by molar-refractivity contribution is 9.10. The Labute approximate surface area is 126 Å². The van der Waals surface area contributed by atoms with Gasteiger partial charge in [-0.1, -0.05) is 15.9 Å². The van der Waals surface area contributed by atoms with Gasteiger partial charge in [0.1, 0.15) is 5.58 Å². The van der Waals surface area contributed by atoms with Crippen molar-refractivity contribution in [2.45, 2.75) is 18.9 Å². The summed E-state index contributed by atoms with van der Waals surface area (Å²) in [6.45, 7) is 1.94. The molecule has 1 N–H and O–H groups in total. The molecule has 1 aromatic carbocycles. The molecular weight excluding hydrogens is 320 g/mol. The highest BCUT2D eigenvalue weighted by atomic mass is 79.9. The molecule has 106 valence electrons. The van der Waals surface area contributed by atoms with E-state index in [1.165, 1.54) is 0 Å². The molecule has 2 aromatic rings. The van der Waals surface area contributed by atoms with Crippen LogP contribution in [0.3, 0.4) is 0 Å². The van der Waals surface area contributed by atoms with Gasteiger partial charge in [-0.25, -0.2) is 0 Å². The summed E-state index contributed by atoms with van der Waals surface area (Å²) in [7, 11) is 1.86. The standard InChI is InChI=1S/C15H17BrN2O2/c1-18(12-4-6-17-7-5-12)15(19)14-9-10-8-11(16)2-3-13(10)20-14/h2-3,8-9,12,17H,4-7H2,1H3. The summed E-state index contributed by atoms with van der Waals surface area (Å²) in [5, 5.41) is 4.26. The molecule has 1 aromatic heterocycles. The molecule has 3 rings (SSSR count). The molecule has 1 amide bonds. The van der Waals surface area contributed by atoms with Crippen LogP contribution in [-0.4, -0.2) is 37.0 Å². The Morgan fingerprint density at radius 3 is 2.85 bits per heavy atom. The zero-order chi connectivity index (χ0) is 14.1.